The molecule has 6 heterocycles. The van der Waals surface area contributed by atoms with Gasteiger partial charge in [0.2, 0.25) is 11.3 Å². The number of rotatable bonds is 14. The number of β-lactam (4-membered cyclic amide) rings is 1. The number of carboxylic acids is 1. The second-order valence-corrected chi connectivity index (χ2v) is 13.8. The number of anilines is 1. The van der Waals surface area contributed by atoms with Gasteiger partial charge in [0.05, 0.1) is 5.56 Å². The summed E-state index contributed by atoms with van der Waals surface area (Å²) in [5.41, 5.74) is 11.1. The van der Waals surface area contributed by atoms with Gasteiger partial charge < -0.3 is 41.2 Å². The highest BCUT2D eigenvalue weighted by atomic mass is 32.2. The van der Waals surface area contributed by atoms with Crippen LogP contribution >= 0.6 is 34.9 Å². The zero-order valence-corrected chi connectivity index (χ0v) is 28.9. The minimum absolute atomic E-state index is 0.0241. The maximum Gasteiger partial charge on any atom is 0.352 e. The molecule has 4 aromatic rings. The van der Waals surface area contributed by atoms with E-state index < -0.39 is 46.3 Å². The number of nitrogens with two attached hydrogens (primary N) is 2. The second kappa shape index (κ2) is 15.5. The van der Waals surface area contributed by atoms with Crippen molar-refractivity contribution in [3.05, 3.63) is 87.1 Å². The lowest BCUT2D eigenvalue weighted by molar-refractivity contribution is -0.687. The number of primary amides is 1. The van der Waals surface area contributed by atoms with E-state index in [0.717, 1.165) is 40.3 Å². The van der Waals surface area contributed by atoms with Gasteiger partial charge in [-0.25, -0.2) is 14.3 Å². The molecule has 268 valence electrons. The van der Waals surface area contributed by atoms with Gasteiger partial charge in [0.15, 0.2) is 35.5 Å². The number of carbonyl (C=O) groups excluding carboxylic acids is 3. The van der Waals surface area contributed by atoms with Crippen LogP contribution in [0.2, 0.25) is 0 Å². The molecule has 22 heteroatoms. The molecule has 19 nitrogen and oxygen atoms in total. The standard InChI is InChI=1S/C30H26N10O9S3/c31-23(43)14-3-6-39(7-4-14)5-1-2-15-12-51-27-21(26(45)40(27)22(15)28(46)47)35-24(44)20(17-13-52-29(32)34-17)38-48-8-9-50-30-37-36-25(49-30)16-10-18(41)19(42)11-33-16/h1-4,6-7,10-11,13,21,27H,5,8-9,12,31H2,(H5,32,34,35,43,44,46,47)/p+1/b2-1+,38-20-/t21-,27-/m1/s1. The molecule has 0 unspecified atom stereocenters. The fourth-order valence-electron chi connectivity index (χ4n) is 4.88. The number of fused-ring (bicyclic) bond motifs is 1. The van der Waals surface area contributed by atoms with Gasteiger partial charge in [0, 0.05) is 41.3 Å². The topological polar surface area (TPSA) is 286 Å². The van der Waals surface area contributed by atoms with Crippen LogP contribution in [0.5, 0.6) is 5.75 Å². The van der Waals surface area contributed by atoms with Crippen LogP contribution in [0.25, 0.3) is 11.6 Å². The Hall–Kier alpha value is -6.00. The molecule has 3 amide bonds. The molecule has 2 aliphatic heterocycles. The molecule has 0 spiro atoms. The van der Waals surface area contributed by atoms with Gasteiger partial charge in [-0.2, -0.15) is 0 Å². The summed E-state index contributed by atoms with van der Waals surface area (Å²) in [6, 6.07) is 3.20. The third kappa shape index (κ3) is 7.82. The Morgan fingerprint density at radius 1 is 1.27 bits per heavy atom. The first-order valence-corrected chi connectivity index (χ1v) is 17.9. The summed E-state index contributed by atoms with van der Waals surface area (Å²) in [6.07, 6.45) is 7.78. The number of H-pyrrole nitrogens is 1. The van der Waals surface area contributed by atoms with E-state index in [9.17, 15) is 34.2 Å². The first-order chi connectivity index (χ1) is 25.0. The Morgan fingerprint density at radius 3 is 2.75 bits per heavy atom. The third-order valence-corrected chi connectivity index (χ3v) is 10.1. The summed E-state index contributed by atoms with van der Waals surface area (Å²) in [5.74, 6) is -3.16. The highest BCUT2D eigenvalue weighted by molar-refractivity contribution is 8.00. The maximum atomic E-state index is 13.4. The van der Waals surface area contributed by atoms with Gasteiger partial charge in [0.1, 0.15) is 35.1 Å². The van der Waals surface area contributed by atoms with Crippen molar-refractivity contribution < 1.29 is 43.2 Å². The number of aromatic nitrogens is 5. The molecule has 0 aliphatic carbocycles. The van der Waals surface area contributed by atoms with Crippen LogP contribution in [-0.4, -0.2) is 94.2 Å². The van der Waals surface area contributed by atoms with Crippen LogP contribution in [0.1, 0.15) is 16.1 Å². The minimum atomic E-state index is -1.29. The first-order valence-electron chi connectivity index (χ1n) is 15.0. The van der Waals surface area contributed by atoms with Crippen molar-refractivity contribution in [1.29, 1.82) is 0 Å². The molecule has 2 atom stereocenters. The maximum absolute atomic E-state index is 13.4. The summed E-state index contributed by atoms with van der Waals surface area (Å²) in [7, 11) is 0. The number of thiazole rings is 1. The number of nitrogens with one attached hydrogen (secondary N) is 2. The number of thioether (sulfide) groups is 2. The number of nitrogens with zero attached hydrogens (tertiary/aromatic N) is 6. The van der Waals surface area contributed by atoms with E-state index in [0.29, 0.717) is 17.7 Å². The zero-order chi connectivity index (χ0) is 36.9. The number of aromatic amines is 1. The van der Waals surface area contributed by atoms with Crippen molar-refractivity contribution in [2.75, 3.05) is 23.8 Å². The van der Waals surface area contributed by atoms with Crippen molar-refractivity contribution in [2.24, 2.45) is 10.9 Å². The second-order valence-electron chi connectivity index (χ2n) is 10.8. The van der Waals surface area contributed by atoms with Crippen molar-refractivity contribution in [2.45, 2.75) is 23.2 Å². The Bertz CT molecular complexity index is 2200. The van der Waals surface area contributed by atoms with Crippen LogP contribution in [0, 0.1) is 0 Å². The van der Waals surface area contributed by atoms with Gasteiger partial charge in [-0.15, -0.1) is 33.3 Å². The van der Waals surface area contributed by atoms with E-state index in [-0.39, 0.29) is 57.2 Å². The predicted octanol–water partition coefficient (Wildman–Crippen LogP) is 0.0636. The highest BCUT2D eigenvalue weighted by Gasteiger charge is 2.54. The van der Waals surface area contributed by atoms with Gasteiger partial charge in [0.25, 0.3) is 22.9 Å². The molecule has 52 heavy (non-hydrogen) atoms. The minimum Gasteiger partial charge on any atom is -0.503 e. The normalized spacial score (nSPS) is 17.2. The molecule has 0 bridgehead atoms. The number of carbonyl (C=O) groups is 4. The van der Waals surface area contributed by atoms with E-state index in [4.69, 9.17) is 20.7 Å². The van der Waals surface area contributed by atoms with E-state index in [2.05, 4.69) is 30.6 Å². The average Bonchev–Trinajstić information content (AvgIpc) is 3.78. The van der Waals surface area contributed by atoms with Gasteiger partial charge in [-0.05, 0) is 11.6 Å². The Morgan fingerprint density at radius 2 is 2.06 bits per heavy atom. The summed E-state index contributed by atoms with van der Waals surface area (Å²) in [4.78, 5) is 75.3. The number of amides is 3. The number of aromatic hydroxyl groups is 1. The fraction of sp³-hybridized carbons (Fsp3) is 0.200. The van der Waals surface area contributed by atoms with Gasteiger partial charge in [-0.1, -0.05) is 23.0 Å². The molecule has 1 saturated heterocycles. The number of hydrogen-bond donors (Lipinski definition) is 6. The Balaban J connectivity index is 1.07. The fourth-order valence-corrected chi connectivity index (χ4v) is 7.32. The molecular formula is C30H27N10O9S3+. The smallest absolute Gasteiger partial charge is 0.352 e. The van der Waals surface area contributed by atoms with Crippen molar-refractivity contribution in [1.82, 2.24) is 30.4 Å². The van der Waals surface area contributed by atoms with Crippen LogP contribution in [0.3, 0.4) is 0 Å². The third-order valence-electron chi connectivity index (χ3n) is 7.36. The number of allylic oxidation sites excluding steroid dienone is 2. The van der Waals surface area contributed by atoms with Crippen LogP contribution < -0.4 is 26.8 Å². The molecule has 0 aromatic carbocycles. The summed E-state index contributed by atoms with van der Waals surface area (Å²) >= 11 is 3.46. The van der Waals surface area contributed by atoms with E-state index >= 15 is 0 Å². The molecule has 0 saturated carbocycles. The van der Waals surface area contributed by atoms with Gasteiger partial charge in [-0.3, -0.25) is 24.1 Å². The SMILES string of the molecule is NC(=O)c1cc[n+](C/C=C/C2=C(C(=O)O)N3C(=O)[C@@H](NC(=O)/C(=N\OCCSc4nnc(-c5cc(=O)c(O)c[nH]5)o4)c4csc(N)n4)[C@H]3SC2)cc1. The lowest BCUT2D eigenvalue weighted by Gasteiger charge is -2.49. The number of pyridine rings is 2. The molecule has 4 aromatic heterocycles. The Kier molecular flexibility index (Phi) is 10.7. The molecule has 8 N–H and O–H groups in total. The molecule has 2 aliphatic rings. The first kappa shape index (κ1) is 35.8. The number of hydrogen-bond acceptors (Lipinski definition) is 16. The average molecular weight is 768 g/mol. The number of oxime groups is 1. The quantitative estimate of drug-likeness (QED) is 0.0247. The largest absolute Gasteiger partial charge is 0.503 e. The Labute approximate surface area is 304 Å². The molecule has 6 rings (SSSR count). The van der Waals surface area contributed by atoms with E-state index in [1.807, 2.05) is 0 Å². The number of carboxylic acid groups (broad SMARTS) is 1. The predicted molar refractivity (Wildman–Crippen MR) is 186 cm³/mol. The molecule has 1 fully saturated rings. The lowest BCUT2D eigenvalue weighted by Crippen LogP contribution is -2.71. The number of aliphatic carboxylic acids is 1. The van der Waals surface area contributed by atoms with Crippen molar-refractivity contribution >= 4 is 69.4 Å². The summed E-state index contributed by atoms with van der Waals surface area (Å²) < 4.78 is 7.27. The van der Waals surface area contributed by atoms with Gasteiger partial charge >= 0.3 is 5.97 Å². The molecule has 0 radical (unpaired) electrons. The highest BCUT2D eigenvalue weighted by Crippen LogP contribution is 2.40. The lowest BCUT2D eigenvalue weighted by atomic mass is 10.0. The monoisotopic (exact) mass is 767 g/mol. The van der Waals surface area contributed by atoms with Crippen LogP contribution in [0.15, 0.2) is 85.2 Å². The summed E-state index contributed by atoms with van der Waals surface area (Å²) in [6.45, 7) is 0.339. The van der Waals surface area contributed by atoms with E-state index in [1.54, 1.807) is 41.2 Å². The number of nitrogen functional groups attached to an aromatic ring is 1. The van der Waals surface area contributed by atoms with Crippen LogP contribution in [0.4, 0.5) is 5.13 Å². The molecular weight excluding hydrogens is 741 g/mol. The zero-order valence-electron chi connectivity index (χ0n) is 26.5. The van der Waals surface area contributed by atoms with E-state index in [1.165, 1.54) is 17.1 Å². The van der Waals surface area contributed by atoms with Crippen molar-refractivity contribution in [3.63, 3.8) is 0 Å². The van der Waals surface area contributed by atoms with Crippen molar-refractivity contribution in [3.8, 4) is 17.3 Å². The summed E-state index contributed by atoms with van der Waals surface area (Å²) in [5, 5.41) is 34.9. The van der Waals surface area contributed by atoms with Crippen LogP contribution in [-0.2, 0) is 25.8 Å².